The number of unbranched alkanes of at least 4 members (excludes halogenated alkanes) is 2. The number of rotatable bonds is 8. The van der Waals surface area contributed by atoms with Gasteiger partial charge in [0.2, 0.25) is 0 Å². The standard InChI is InChI=1S/C16H23NO4/c1-3-4-6-11-13(18)14(16(20)21-2)17-15(19)12-9-7-5-8-10-12/h5,7-10,13-14,18H,3-4,6,11H2,1-2H3,(H,17,19)/t13-,14-/m0/s1. The van der Waals surface area contributed by atoms with Gasteiger partial charge in [-0.2, -0.15) is 0 Å². The highest BCUT2D eigenvalue weighted by Gasteiger charge is 2.29. The van der Waals surface area contributed by atoms with Gasteiger partial charge in [-0.05, 0) is 18.6 Å². The van der Waals surface area contributed by atoms with E-state index in [9.17, 15) is 14.7 Å². The molecule has 0 fully saturated rings. The van der Waals surface area contributed by atoms with Crippen LogP contribution in [0.25, 0.3) is 0 Å². The molecule has 0 heterocycles. The summed E-state index contributed by atoms with van der Waals surface area (Å²) in [5.41, 5.74) is 0.437. The average molecular weight is 293 g/mol. The molecule has 0 aliphatic carbocycles. The summed E-state index contributed by atoms with van der Waals surface area (Å²) in [6, 6.07) is 7.52. The number of methoxy groups -OCH3 is 1. The van der Waals surface area contributed by atoms with Crippen molar-refractivity contribution in [3.63, 3.8) is 0 Å². The molecular weight excluding hydrogens is 270 g/mol. The van der Waals surface area contributed by atoms with Crippen molar-refractivity contribution in [1.82, 2.24) is 5.32 Å². The molecule has 2 atom stereocenters. The Hall–Kier alpha value is -1.88. The second kappa shape index (κ2) is 9.13. The van der Waals surface area contributed by atoms with Gasteiger partial charge in [-0.3, -0.25) is 4.79 Å². The molecule has 0 radical (unpaired) electrons. The van der Waals surface area contributed by atoms with Crippen molar-refractivity contribution in [3.8, 4) is 0 Å². The van der Waals surface area contributed by atoms with Crippen LogP contribution in [0.4, 0.5) is 0 Å². The normalized spacial score (nSPS) is 13.3. The van der Waals surface area contributed by atoms with E-state index in [4.69, 9.17) is 0 Å². The number of aliphatic hydroxyl groups excluding tert-OH is 1. The maximum absolute atomic E-state index is 12.1. The van der Waals surface area contributed by atoms with E-state index >= 15 is 0 Å². The van der Waals surface area contributed by atoms with Crippen molar-refractivity contribution in [2.24, 2.45) is 0 Å². The number of nitrogens with one attached hydrogen (secondary N) is 1. The summed E-state index contributed by atoms with van der Waals surface area (Å²) < 4.78 is 4.66. The molecule has 2 N–H and O–H groups in total. The fourth-order valence-electron chi connectivity index (χ4n) is 2.02. The van der Waals surface area contributed by atoms with E-state index in [1.807, 2.05) is 0 Å². The van der Waals surface area contributed by atoms with E-state index in [1.165, 1.54) is 7.11 Å². The quantitative estimate of drug-likeness (QED) is 0.567. The Balaban J connectivity index is 2.69. The van der Waals surface area contributed by atoms with Gasteiger partial charge >= 0.3 is 5.97 Å². The zero-order valence-corrected chi connectivity index (χ0v) is 12.5. The van der Waals surface area contributed by atoms with Crippen LogP contribution < -0.4 is 5.32 Å². The summed E-state index contributed by atoms with van der Waals surface area (Å²) in [4.78, 5) is 23.8. The predicted molar refractivity (Wildman–Crippen MR) is 79.9 cm³/mol. The lowest BCUT2D eigenvalue weighted by atomic mass is 10.0. The first-order chi connectivity index (χ1) is 10.1. The van der Waals surface area contributed by atoms with E-state index in [0.29, 0.717) is 12.0 Å². The molecule has 0 saturated heterocycles. The third-order valence-electron chi connectivity index (χ3n) is 3.27. The minimum absolute atomic E-state index is 0.402. The number of hydrogen-bond acceptors (Lipinski definition) is 4. The number of hydrogen-bond donors (Lipinski definition) is 2. The van der Waals surface area contributed by atoms with E-state index in [-0.39, 0.29) is 0 Å². The molecule has 0 aromatic heterocycles. The molecule has 116 valence electrons. The molecule has 0 unspecified atom stereocenters. The van der Waals surface area contributed by atoms with Gasteiger partial charge in [0.05, 0.1) is 13.2 Å². The second-order valence-electron chi connectivity index (χ2n) is 4.90. The molecule has 0 saturated carbocycles. The van der Waals surface area contributed by atoms with Crippen LogP contribution in [0.5, 0.6) is 0 Å². The highest BCUT2D eigenvalue weighted by Crippen LogP contribution is 2.09. The number of ether oxygens (including phenoxy) is 1. The Kier molecular flexibility index (Phi) is 7.46. The monoisotopic (exact) mass is 293 g/mol. The molecule has 0 aliphatic rings. The van der Waals surface area contributed by atoms with Crippen molar-refractivity contribution in [3.05, 3.63) is 35.9 Å². The Morgan fingerprint density at radius 3 is 2.48 bits per heavy atom. The first kappa shape index (κ1) is 17.2. The third-order valence-corrected chi connectivity index (χ3v) is 3.27. The molecule has 5 heteroatoms. The highest BCUT2D eigenvalue weighted by atomic mass is 16.5. The topological polar surface area (TPSA) is 75.6 Å². The number of esters is 1. The first-order valence-electron chi connectivity index (χ1n) is 7.22. The van der Waals surface area contributed by atoms with Gasteiger partial charge in [0.1, 0.15) is 0 Å². The summed E-state index contributed by atoms with van der Waals surface area (Å²) in [5, 5.41) is 12.7. The van der Waals surface area contributed by atoms with Gasteiger partial charge in [0.25, 0.3) is 5.91 Å². The zero-order chi connectivity index (χ0) is 15.7. The molecule has 0 aliphatic heterocycles. The molecule has 0 spiro atoms. The summed E-state index contributed by atoms with van der Waals surface area (Å²) in [5.74, 6) is -1.04. The largest absolute Gasteiger partial charge is 0.467 e. The first-order valence-corrected chi connectivity index (χ1v) is 7.22. The van der Waals surface area contributed by atoms with Gasteiger partial charge in [-0.25, -0.2) is 4.79 Å². The maximum atomic E-state index is 12.1. The number of aliphatic hydroxyl groups is 1. The van der Waals surface area contributed by atoms with Crippen LogP contribution >= 0.6 is 0 Å². The molecule has 0 bridgehead atoms. The van der Waals surface area contributed by atoms with Crippen LogP contribution in [0, 0.1) is 0 Å². The molecule has 1 aromatic carbocycles. The SMILES string of the molecule is CCCCC[C@H](O)[C@H](NC(=O)c1ccccc1)C(=O)OC. The van der Waals surface area contributed by atoms with Gasteiger partial charge in [0, 0.05) is 5.56 Å². The Morgan fingerprint density at radius 2 is 1.90 bits per heavy atom. The zero-order valence-electron chi connectivity index (χ0n) is 12.5. The number of carbonyl (C=O) groups excluding carboxylic acids is 2. The van der Waals surface area contributed by atoms with Crippen LogP contribution in [0.3, 0.4) is 0 Å². The smallest absolute Gasteiger partial charge is 0.331 e. The highest BCUT2D eigenvalue weighted by molar-refractivity contribution is 5.96. The number of carbonyl (C=O) groups is 2. The van der Waals surface area contributed by atoms with Gasteiger partial charge in [-0.1, -0.05) is 44.4 Å². The Morgan fingerprint density at radius 1 is 1.24 bits per heavy atom. The lowest BCUT2D eigenvalue weighted by Crippen LogP contribution is -2.49. The van der Waals surface area contributed by atoms with E-state index in [0.717, 1.165) is 19.3 Å². The van der Waals surface area contributed by atoms with Crippen LogP contribution in [-0.4, -0.2) is 36.2 Å². The lowest BCUT2D eigenvalue weighted by molar-refractivity contribution is -0.146. The van der Waals surface area contributed by atoms with Crippen molar-refractivity contribution in [2.45, 2.75) is 44.8 Å². The number of amides is 1. The number of benzene rings is 1. The van der Waals surface area contributed by atoms with Crippen LogP contribution in [0.1, 0.15) is 43.0 Å². The van der Waals surface area contributed by atoms with Gasteiger partial charge < -0.3 is 15.2 Å². The van der Waals surface area contributed by atoms with Crippen LogP contribution in [-0.2, 0) is 9.53 Å². The van der Waals surface area contributed by atoms with E-state index < -0.39 is 24.0 Å². The fraction of sp³-hybridized carbons (Fsp3) is 0.500. The average Bonchev–Trinajstić information content (AvgIpc) is 2.52. The molecule has 1 amide bonds. The minimum atomic E-state index is -1.04. The molecule has 21 heavy (non-hydrogen) atoms. The van der Waals surface area contributed by atoms with Crippen molar-refractivity contribution in [2.75, 3.05) is 7.11 Å². The van der Waals surface area contributed by atoms with Crippen molar-refractivity contribution < 1.29 is 19.4 Å². The summed E-state index contributed by atoms with van der Waals surface area (Å²) in [6.07, 6.45) is 2.29. The Labute approximate surface area is 125 Å². The second-order valence-corrected chi connectivity index (χ2v) is 4.90. The lowest BCUT2D eigenvalue weighted by Gasteiger charge is -2.22. The van der Waals surface area contributed by atoms with E-state index in [1.54, 1.807) is 30.3 Å². The molecule has 1 rings (SSSR count). The van der Waals surface area contributed by atoms with Gasteiger partial charge in [-0.15, -0.1) is 0 Å². The summed E-state index contributed by atoms with van der Waals surface area (Å²) in [6.45, 7) is 2.06. The van der Waals surface area contributed by atoms with Gasteiger partial charge in [0.15, 0.2) is 6.04 Å². The minimum Gasteiger partial charge on any atom is -0.467 e. The Bertz CT molecular complexity index is 447. The van der Waals surface area contributed by atoms with E-state index in [2.05, 4.69) is 17.0 Å². The third kappa shape index (κ3) is 5.55. The maximum Gasteiger partial charge on any atom is 0.331 e. The van der Waals surface area contributed by atoms with Crippen molar-refractivity contribution in [1.29, 1.82) is 0 Å². The fourth-order valence-corrected chi connectivity index (χ4v) is 2.02. The molecule has 1 aromatic rings. The molecule has 5 nitrogen and oxygen atoms in total. The van der Waals surface area contributed by atoms with Crippen LogP contribution in [0.2, 0.25) is 0 Å². The van der Waals surface area contributed by atoms with Crippen molar-refractivity contribution >= 4 is 11.9 Å². The predicted octanol–water partition coefficient (Wildman–Crippen LogP) is 1.90. The molecular formula is C16H23NO4. The van der Waals surface area contributed by atoms with Crippen LogP contribution in [0.15, 0.2) is 30.3 Å². The summed E-state index contributed by atoms with van der Waals surface area (Å²) >= 11 is 0. The summed E-state index contributed by atoms with van der Waals surface area (Å²) in [7, 11) is 1.24.